The molecule has 5 rings (SSSR count). The summed E-state index contributed by atoms with van der Waals surface area (Å²) in [7, 11) is 0. The molecule has 2 fully saturated rings. The van der Waals surface area contributed by atoms with Crippen LogP contribution in [0, 0.1) is 0 Å². The second-order valence-corrected chi connectivity index (χ2v) is 8.46. The van der Waals surface area contributed by atoms with Crippen molar-refractivity contribution in [1.29, 1.82) is 0 Å². The van der Waals surface area contributed by atoms with Crippen LogP contribution in [0.4, 0.5) is 16.2 Å². The molecule has 0 aromatic heterocycles. The van der Waals surface area contributed by atoms with Crippen LogP contribution in [0.3, 0.4) is 0 Å². The Bertz CT molecular complexity index is 1200. The van der Waals surface area contributed by atoms with E-state index >= 15 is 0 Å². The monoisotopic (exact) mass is 455 g/mol. The maximum absolute atomic E-state index is 13.3. The summed E-state index contributed by atoms with van der Waals surface area (Å²) in [4.78, 5) is 42.6. The van der Waals surface area contributed by atoms with Gasteiger partial charge in [0.1, 0.15) is 0 Å². The first kappa shape index (κ1) is 21.7. The molecule has 0 aliphatic carbocycles. The molecular weight excluding hydrogens is 430 g/mol. The number of rotatable bonds is 4. The largest absolute Gasteiger partial charge is 0.399 e. The van der Waals surface area contributed by atoms with Gasteiger partial charge in [0.15, 0.2) is 0 Å². The van der Waals surface area contributed by atoms with Crippen molar-refractivity contribution in [2.45, 2.75) is 5.54 Å². The third-order valence-electron chi connectivity index (χ3n) is 6.53. The van der Waals surface area contributed by atoms with Gasteiger partial charge in [-0.3, -0.25) is 25.1 Å². The van der Waals surface area contributed by atoms with Gasteiger partial charge in [0.05, 0.1) is 0 Å². The standard InChI is InChI=1S/C26H25N5O3/c27-21-10-12-22(13-11-21)30-14-16-31(17-15-30)26(23(32)28-25(34)29-24(26)33)20-8-6-19(7-9-20)18-4-2-1-3-5-18/h1-13H,14-17,27H2,(H2,28,29,32,33,34). The quantitative estimate of drug-likeness (QED) is 0.412. The van der Waals surface area contributed by atoms with Crippen molar-refractivity contribution in [2.75, 3.05) is 36.8 Å². The number of nitrogens with one attached hydrogen (secondary N) is 2. The lowest BCUT2D eigenvalue weighted by Gasteiger charge is -2.47. The van der Waals surface area contributed by atoms with Crippen LogP contribution in [0.15, 0.2) is 78.9 Å². The number of nitrogens with zero attached hydrogens (tertiary/aromatic N) is 2. The number of carbonyl (C=O) groups is 3. The molecule has 3 aromatic rings. The molecule has 0 saturated carbocycles. The summed E-state index contributed by atoms with van der Waals surface area (Å²) in [5.41, 5.74) is 8.43. The SMILES string of the molecule is Nc1ccc(N2CCN(C3(c4ccc(-c5ccccc5)cc4)C(=O)NC(=O)NC3=O)CC2)cc1. The van der Waals surface area contributed by atoms with E-state index in [9.17, 15) is 14.4 Å². The van der Waals surface area contributed by atoms with Gasteiger partial charge in [-0.2, -0.15) is 0 Å². The van der Waals surface area contributed by atoms with Crippen molar-refractivity contribution in [3.05, 3.63) is 84.4 Å². The molecule has 0 bridgehead atoms. The molecule has 2 aliphatic rings. The summed E-state index contributed by atoms with van der Waals surface area (Å²) in [6, 6.07) is 24.1. The average molecular weight is 456 g/mol. The summed E-state index contributed by atoms with van der Waals surface area (Å²) in [5, 5.41) is 4.63. The van der Waals surface area contributed by atoms with Crippen LogP contribution in [0.1, 0.15) is 5.56 Å². The molecule has 172 valence electrons. The number of hydrogen-bond acceptors (Lipinski definition) is 6. The number of nitrogen functional groups attached to an aromatic ring is 1. The average Bonchev–Trinajstić information content (AvgIpc) is 2.86. The lowest BCUT2D eigenvalue weighted by atomic mass is 9.83. The van der Waals surface area contributed by atoms with Gasteiger partial charge in [-0.25, -0.2) is 4.79 Å². The van der Waals surface area contributed by atoms with Gasteiger partial charge >= 0.3 is 6.03 Å². The Morgan fingerprint density at radius 1 is 0.676 bits per heavy atom. The number of carbonyl (C=O) groups excluding carboxylic acids is 3. The molecule has 2 aliphatic heterocycles. The van der Waals surface area contributed by atoms with E-state index in [1.54, 1.807) is 12.1 Å². The van der Waals surface area contributed by atoms with Crippen LogP contribution in [-0.2, 0) is 15.1 Å². The molecule has 2 heterocycles. The zero-order valence-corrected chi connectivity index (χ0v) is 18.5. The number of anilines is 2. The predicted octanol–water partition coefficient (Wildman–Crippen LogP) is 2.32. The van der Waals surface area contributed by atoms with Gasteiger partial charge in [0.2, 0.25) is 5.54 Å². The Kier molecular flexibility index (Phi) is 5.51. The lowest BCUT2D eigenvalue weighted by Crippen LogP contribution is -2.73. The highest BCUT2D eigenvalue weighted by Crippen LogP contribution is 2.34. The fraction of sp³-hybridized carbons (Fsp3) is 0.192. The summed E-state index contributed by atoms with van der Waals surface area (Å²) in [5.74, 6) is -1.26. The highest BCUT2D eigenvalue weighted by atomic mass is 16.2. The van der Waals surface area contributed by atoms with Crippen molar-refractivity contribution in [1.82, 2.24) is 15.5 Å². The zero-order valence-electron chi connectivity index (χ0n) is 18.5. The molecule has 4 N–H and O–H groups in total. The third kappa shape index (κ3) is 3.68. The van der Waals surface area contributed by atoms with Gasteiger partial charge in [0.25, 0.3) is 11.8 Å². The van der Waals surface area contributed by atoms with Crippen molar-refractivity contribution < 1.29 is 14.4 Å². The first-order valence-electron chi connectivity index (χ1n) is 11.2. The van der Waals surface area contributed by atoms with Crippen LogP contribution < -0.4 is 21.3 Å². The minimum absolute atomic E-state index is 0.458. The summed E-state index contributed by atoms with van der Waals surface area (Å²) < 4.78 is 0. The van der Waals surface area contributed by atoms with E-state index in [-0.39, 0.29) is 0 Å². The highest BCUT2D eigenvalue weighted by molar-refractivity contribution is 6.22. The van der Waals surface area contributed by atoms with Crippen LogP contribution in [0.5, 0.6) is 0 Å². The molecule has 0 unspecified atom stereocenters. The molecule has 0 radical (unpaired) electrons. The van der Waals surface area contributed by atoms with Crippen LogP contribution in [-0.4, -0.2) is 48.9 Å². The third-order valence-corrected chi connectivity index (χ3v) is 6.53. The predicted molar refractivity (Wildman–Crippen MR) is 130 cm³/mol. The first-order chi connectivity index (χ1) is 16.5. The molecule has 0 atom stereocenters. The normalized spacial score (nSPS) is 18.4. The Labute approximate surface area is 197 Å². The molecule has 0 spiro atoms. The number of barbiturate groups is 1. The second kappa shape index (κ2) is 8.64. The summed E-state index contributed by atoms with van der Waals surface area (Å²) in [6.45, 7) is 2.14. The number of nitrogens with two attached hydrogens (primary N) is 1. The van der Waals surface area contributed by atoms with E-state index in [1.807, 2.05) is 71.6 Å². The molecule has 2 saturated heterocycles. The Hall–Kier alpha value is -4.17. The molecule has 8 nitrogen and oxygen atoms in total. The number of amides is 4. The van der Waals surface area contributed by atoms with E-state index in [4.69, 9.17) is 5.73 Å². The van der Waals surface area contributed by atoms with Crippen LogP contribution >= 0.6 is 0 Å². The topological polar surface area (TPSA) is 108 Å². The van der Waals surface area contributed by atoms with Crippen molar-refractivity contribution in [2.24, 2.45) is 0 Å². The van der Waals surface area contributed by atoms with E-state index in [2.05, 4.69) is 15.5 Å². The van der Waals surface area contributed by atoms with Crippen molar-refractivity contribution in [3.8, 4) is 11.1 Å². The van der Waals surface area contributed by atoms with E-state index in [1.165, 1.54) is 0 Å². The Morgan fingerprint density at radius 3 is 1.82 bits per heavy atom. The highest BCUT2D eigenvalue weighted by Gasteiger charge is 2.56. The summed E-state index contributed by atoms with van der Waals surface area (Å²) in [6.07, 6.45) is 0. The van der Waals surface area contributed by atoms with E-state index in [0.29, 0.717) is 37.4 Å². The van der Waals surface area contributed by atoms with Gasteiger partial charge in [-0.15, -0.1) is 0 Å². The van der Waals surface area contributed by atoms with Gasteiger partial charge in [-0.1, -0.05) is 54.6 Å². The molecule has 34 heavy (non-hydrogen) atoms. The Balaban J connectivity index is 1.47. The van der Waals surface area contributed by atoms with Gasteiger partial charge < -0.3 is 10.6 Å². The number of urea groups is 1. The first-order valence-corrected chi connectivity index (χ1v) is 11.2. The number of piperazine rings is 1. The molecular formula is C26H25N5O3. The fourth-order valence-corrected chi connectivity index (χ4v) is 4.77. The maximum Gasteiger partial charge on any atom is 0.328 e. The zero-order chi connectivity index (χ0) is 23.7. The molecule has 8 heteroatoms. The van der Waals surface area contributed by atoms with E-state index < -0.39 is 23.4 Å². The second-order valence-electron chi connectivity index (χ2n) is 8.46. The minimum atomic E-state index is -1.63. The van der Waals surface area contributed by atoms with E-state index in [0.717, 1.165) is 16.8 Å². The van der Waals surface area contributed by atoms with Crippen LogP contribution in [0.25, 0.3) is 11.1 Å². The van der Waals surface area contributed by atoms with Crippen LogP contribution in [0.2, 0.25) is 0 Å². The van der Waals surface area contributed by atoms with Gasteiger partial charge in [-0.05, 0) is 41.0 Å². The van der Waals surface area contributed by atoms with Crippen molar-refractivity contribution >= 4 is 29.2 Å². The Morgan fingerprint density at radius 2 is 1.24 bits per heavy atom. The fourth-order valence-electron chi connectivity index (χ4n) is 4.77. The smallest absolute Gasteiger partial charge is 0.328 e. The maximum atomic E-state index is 13.3. The minimum Gasteiger partial charge on any atom is -0.399 e. The molecule has 4 amide bonds. The number of hydrogen-bond donors (Lipinski definition) is 3. The lowest BCUT2D eigenvalue weighted by molar-refractivity contribution is -0.149. The molecule has 3 aromatic carbocycles. The van der Waals surface area contributed by atoms with Crippen molar-refractivity contribution in [3.63, 3.8) is 0 Å². The number of benzene rings is 3. The van der Waals surface area contributed by atoms with Gasteiger partial charge in [0, 0.05) is 37.6 Å². The summed E-state index contributed by atoms with van der Waals surface area (Å²) >= 11 is 0. The number of imide groups is 2.